The molecule has 1 aliphatic rings. The molecule has 0 bridgehead atoms. The predicted molar refractivity (Wildman–Crippen MR) is 106 cm³/mol. The van der Waals surface area contributed by atoms with Crippen LogP contribution in [0.15, 0.2) is 72.1 Å². The third-order valence-corrected chi connectivity index (χ3v) is 8.09. The molecular weight excluding hydrogens is 313 g/mol. The van der Waals surface area contributed by atoms with Gasteiger partial charge in [-0.1, -0.05) is 56.3 Å². The molecule has 2 aromatic carbocycles. The fraction of sp³-hybridized carbons (Fsp3) is 0.300. The minimum Gasteiger partial charge on any atom is -0.318 e. The topological polar surface area (TPSA) is 30.3 Å². The van der Waals surface area contributed by atoms with E-state index in [1.54, 1.807) is 0 Å². The Hall–Kier alpha value is -1.99. The molecule has 0 aliphatic carbocycles. The van der Waals surface area contributed by atoms with Gasteiger partial charge in [0.15, 0.2) is 7.36 Å². The zero-order chi connectivity index (χ0) is 17.0. The van der Waals surface area contributed by atoms with E-state index in [1.807, 2.05) is 12.1 Å². The average molecular weight is 339 g/mol. The Kier molecular flexibility index (Phi) is 5.11. The minimum atomic E-state index is -2.33. The number of hydrogen-bond donors (Lipinski definition) is 1. The van der Waals surface area contributed by atoms with Crippen LogP contribution < -0.4 is 9.34 Å². The standard InChI is InChI=1S/C20H26N3P/c1-3-11-20(4-2)24(21)22(18-12-7-5-8-13-18)16-17-23(24)19-14-9-6-10-15-19/h5-15,21H,3-4,16-17H2,1-2H3/b20-11-. The van der Waals surface area contributed by atoms with Crippen molar-refractivity contribution in [1.29, 1.82) is 5.16 Å². The molecule has 0 spiro atoms. The van der Waals surface area contributed by atoms with Crippen LogP contribution in [0.1, 0.15) is 26.7 Å². The Labute approximate surface area is 145 Å². The van der Waals surface area contributed by atoms with Gasteiger partial charge in [0.05, 0.1) is 0 Å². The summed E-state index contributed by atoms with van der Waals surface area (Å²) in [5.74, 6) is 0. The van der Waals surface area contributed by atoms with Gasteiger partial charge in [0.2, 0.25) is 0 Å². The maximum atomic E-state index is 9.63. The summed E-state index contributed by atoms with van der Waals surface area (Å²) in [7, 11) is -2.33. The number of allylic oxidation sites excluding steroid dienone is 2. The molecule has 1 saturated heterocycles. The van der Waals surface area contributed by atoms with E-state index in [1.165, 1.54) is 5.31 Å². The lowest BCUT2D eigenvalue weighted by Gasteiger charge is -2.38. The highest BCUT2D eigenvalue weighted by Crippen LogP contribution is 2.66. The number of anilines is 2. The molecule has 1 fully saturated rings. The Morgan fingerprint density at radius 3 is 1.75 bits per heavy atom. The van der Waals surface area contributed by atoms with Crippen molar-refractivity contribution in [1.82, 2.24) is 0 Å². The van der Waals surface area contributed by atoms with Gasteiger partial charge in [0.25, 0.3) is 0 Å². The first-order valence-corrected chi connectivity index (χ1v) is 10.4. The summed E-state index contributed by atoms with van der Waals surface area (Å²) >= 11 is 0. The molecule has 0 unspecified atom stereocenters. The van der Waals surface area contributed by atoms with Crippen LogP contribution in [0.25, 0.3) is 0 Å². The van der Waals surface area contributed by atoms with E-state index in [-0.39, 0.29) is 0 Å². The van der Waals surface area contributed by atoms with Gasteiger partial charge in [-0.3, -0.25) is 5.16 Å². The number of nitrogens with zero attached hydrogens (tertiary/aromatic N) is 2. The van der Waals surface area contributed by atoms with Gasteiger partial charge in [0.1, 0.15) is 0 Å². The van der Waals surface area contributed by atoms with Gasteiger partial charge in [-0.05, 0) is 37.1 Å². The van der Waals surface area contributed by atoms with E-state index in [2.05, 4.69) is 77.8 Å². The molecule has 0 amide bonds. The minimum absolute atomic E-state index is 0.900. The SMILES string of the molecule is CC/C=C(/CC)P1(=N)N(c2ccccc2)CCN1c1ccccc1. The molecule has 0 saturated carbocycles. The maximum absolute atomic E-state index is 9.63. The molecule has 1 N–H and O–H groups in total. The van der Waals surface area contributed by atoms with Crippen molar-refractivity contribution in [3.8, 4) is 0 Å². The first-order chi connectivity index (χ1) is 11.7. The number of para-hydroxylation sites is 2. The number of nitrogens with one attached hydrogen (secondary N) is 1. The van der Waals surface area contributed by atoms with Crippen molar-refractivity contribution in [2.45, 2.75) is 26.7 Å². The zero-order valence-electron chi connectivity index (χ0n) is 14.5. The molecule has 1 aliphatic heterocycles. The van der Waals surface area contributed by atoms with Gasteiger partial charge in [-0.25, -0.2) is 0 Å². The largest absolute Gasteiger partial charge is 0.318 e. The van der Waals surface area contributed by atoms with E-state index in [0.29, 0.717) is 0 Å². The molecule has 2 aromatic rings. The molecule has 126 valence electrons. The number of hydrogen-bond acceptors (Lipinski definition) is 1. The Balaban J connectivity index is 2.12. The first kappa shape index (κ1) is 16.9. The highest BCUT2D eigenvalue weighted by atomic mass is 31.2. The first-order valence-electron chi connectivity index (χ1n) is 8.71. The quantitative estimate of drug-likeness (QED) is 0.645. The molecule has 0 atom stereocenters. The average Bonchev–Trinajstić information content (AvgIpc) is 2.99. The maximum Gasteiger partial charge on any atom is 0.168 e. The van der Waals surface area contributed by atoms with Crippen molar-refractivity contribution in [3.63, 3.8) is 0 Å². The lowest BCUT2D eigenvalue weighted by atomic mass is 10.3. The molecule has 3 rings (SSSR count). The monoisotopic (exact) mass is 339 g/mol. The summed E-state index contributed by atoms with van der Waals surface area (Å²) in [5, 5.41) is 10.9. The highest BCUT2D eigenvalue weighted by molar-refractivity contribution is 7.72. The van der Waals surface area contributed by atoms with Crippen molar-refractivity contribution in [3.05, 3.63) is 72.1 Å². The molecule has 0 radical (unpaired) electrons. The molecule has 4 heteroatoms. The van der Waals surface area contributed by atoms with Gasteiger partial charge < -0.3 is 9.34 Å². The van der Waals surface area contributed by atoms with E-state index < -0.39 is 7.36 Å². The summed E-state index contributed by atoms with van der Waals surface area (Å²) in [6, 6.07) is 20.9. The summed E-state index contributed by atoms with van der Waals surface area (Å²) in [6.45, 7) is 6.15. The molecule has 0 aromatic heterocycles. The summed E-state index contributed by atoms with van der Waals surface area (Å²) < 4.78 is 4.68. The molecule has 3 nitrogen and oxygen atoms in total. The lowest BCUT2D eigenvalue weighted by molar-refractivity contribution is 1.02. The van der Waals surface area contributed by atoms with Crippen LogP contribution in [0, 0.1) is 5.16 Å². The summed E-state index contributed by atoms with van der Waals surface area (Å²) in [5.41, 5.74) is 2.32. The Morgan fingerprint density at radius 2 is 1.38 bits per heavy atom. The number of rotatable bonds is 5. The van der Waals surface area contributed by atoms with Crippen LogP contribution in [0.5, 0.6) is 0 Å². The van der Waals surface area contributed by atoms with Crippen LogP contribution in [0.4, 0.5) is 11.4 Å². The second-order valence-electron chi connectivity index (χ2n) is 5.98. The van der Waals surface area contributed by atoms with Crippen LogP contribution >= 0.6 is 7.36 Å². The fourth-order valence-corrected chi connectivity index (χ4v) is 6.89. The third kappa shape index (κ3) is 2.89. The van der Waals surface area contributed by atoms with Crippen LogP contribution in [-0.4, -0.2) is 13.1 Å². The number of benzene rings is 2. The van der Waals surface area contributed by atoms with Gasteiger partial charge in [-0.15, -0.1) is 0 Å². The van der Waals surface area contributed by atoms with Crippen molar-refractivity contribution < 1.29 is 0 Å². The van der Waals surface area contributed by atoms with E-state index in [9.17, 15) is 5.16 Å². The Bertz CT molecular complexity index is 688. The smallest absolute Gasteiger partial charge is 0.168 e. The second kappa shape index (κ2) is 7.27. The normalized spacial score (nSPS) is 17.3. The van der Waals surface area contributed by atoms with Crippen molar-refractivity contribution in [2.24, 2.45) is 0 Å². The summed E-state index contributed by atoms with van der Waals surface area (Å²) in [4.78, 5) is 0. The van der Waals surface area contributed by atoms with Gasteiger partial charge in [0, 0.05) is 29.8 Å². The van der Waals surface area contributed by atoms with E-state index in [4.69, 9.17) is 0 Å². The predicted octanol–water partition coefficient (Wildman–Crippen LogP) is 6.33. The second-order valence-corrected chi connectivity index (χ2v) is 8.72. The summed E-state index contributed by atoms with van der Waals surface area (Å²) in [6.07, 6.45) is 4.19. The van der Waals surface area contributed by atoms with Crippen LogP contribution in [0.3, 0.4) is 0 Å². The highest BCUT2D eigenvalue weighted by Gasteiger charge is 2.41. The third-order valence-electron chi connectivity index (χ3n) is 4.53. The van der Waals surface area contributed by atoms with E-state index in [0.717, 1.165) is 37.3 Å². The lowest BCUT2D eigenvalue weighted by Crippen LogP contribution is -2.19. The van der Waals surface area contributed by atoms with Crippen molar-refractivity contribution >= 4 is 18.7 Å². The van der Waals surface area contributed by atoms with Gasteiger partial charge >= 0.3 is 0 Å². The van der Waals surface area contributed by atoms with Gasteiger partial charge in [-0.2, -0.15) is 0 Å². The molecule has 24 heavy (non-hydrogen) atoms. The van der Waals surface area contributed by atoms with Crippen LogP contribution in [-0.2, 0) is 0 Å². The van der Waals surface area contributed by atoms with E-state index >= 15 is 0 Å². The van der Waals surface area contributed by atoms with Crippen LogP contribution in [0.2, 0.25) is 0 Å². The molecular formula is C20H26N3P. The molecule has 1 heterocycles. The van der Waals surface area contributed by atoms with Crippen molar-refractivity contribution in [2.75, 3.05) is 22.4 Å². The zero-order valence-corrected chi connectivity index (χ0v) is 15.4. The Morgan fingerprint density at radius 1 is 0.917 bits per heavy atom. The fourth-order valence-electron chi connectivity index (χ4n) is 3.44.